The predicted molar refractivity (Wildman–Crippen MR) is 78.8 cm³/mol. The number of benzene rings is 1. The number of amides is 1. The number of fused-ring (bicyclic) bond motifs is 1. The van der Waals surface area contributed by atoms with E-state index in [-0.39, 0.29) is 12.0 Å². The fourth-order valence-corrected chi connectivity index (χ4v) is 3.13. The molecule has 0 saturated heterocycles. The molecule has 2 aliphatic rings. The van der Waals surface area contributed by atoms with Gasteiger partial charge in [0.1, 0.15) is 6.04 Å². The molecule has 1 heterocycles. The number of hydrogen-bond donors (Lipinski definition) is 2. The summed E-state index contributed by atoms with van der Waals surface area (Å²) in [6, 6.07) is 5.45. The minimum Gasteiger partial charge on any atom is -0.393 e. The zero-order valence-corrected chi connectivity index (χ0v) is 11.9. The van der Waals surface area contributed by atoms with Crippen molar-refractivity contribution >= 4 is 17.3 Å². The Bertz CT molecular complexity index is 540. The first-order chi connectivity index (χ1) is 9.47. The van der Waals surface area contributed by atoms with Gasteiger partial charge in [-0.1, -0.05) is 6.07 Å². The molecule has 3 rings (SSSR count). The van der Waals surface area contributed by atoms with Crippen molar-refractivity contribution < 1.29 is 9.90 Å². The summed E-state index contributed by atoms with van der Waals surface area (Å²) in [5.41, 5.74) is 8.78. The van der Waals surface area contributed by atoms with E-state index in [2.05, 4.69) is 4.90 Å². The Morgan fingerprint density at radius 2 is 2.15 bits per heavy atom. The second kappa shape index (κ2) is 4.75. The van der Waals surface area contributed by atoms with Crippen LogP contribution in [-0.2, 0) is 4.79 Å². The second-order valence-corrected chi connectivity index (χ2v) is 5.99. The average molecular weight is 275 g/mol. The summed E-state index contributed by atoms with van der Waals surface area (Å²) >= 11 is 0. The number of carbonyl (C=O) groups excluding carboxylic acids is 1. The van der Waals surface area contributed by atoms with Gasteiger partial charge in [-0.25, -0.2) is 0 Å². The summed E-state index contributed by atoms with van der Waals surface area (Å²) in [7, 11) is 3.81. The highest BCUT2D eigenvalue weighted by Crippen LogP contribution is 2.37. The molecule has 3 N–H and O–H groups in total. The Balaban J connectivity index is 1.77. The number of rotatable bonds is 3. The maximum Gasteiger partial charge on any atom is 0.248 e. The largest absolute Gasteiger partial charge is 0.393 e. The van der Waals surface area contributed by atoms with Crippen molar-refractivity contribution in [2.75, 3.05) is 30.4 Å². The minimum absolute atomic E-state index is 0.0538. The third kappa shape index (κ3) is 2.07. The molecule has 1 fully saturated rings. The van der Waals surface area contributed by atoms with Crippen LogP contribution < -0.4 is 15.5 Å². The molecule has 1 unspecified atom stereocenters. The first kappa shape index (κ1) is 13.4. The lowest BCUT2D eigenvalue weighted by atomic mass is 9.82. The minimum atomic E-state index is -0.531. The topological polar surface area (TPSA) is 69.8 Å². The Labute approximate surface area is 119 Å². The number of aliphatic hydroxyl groups excluding tert-OH is 1. The van der Waals surface area contributed by atoms with Crippen LogP contribution in [0.2, 0.25) is 0 Å². The maximum absolute atomic E-state index is 11.9. The fourth-order valence-electron chi connectivity index (χ4n) is 3.13. The van der Waals surface area contributed by atoms with E-state index >= 15 is 0 Å². The lowest BCUT2D eigenvalue weighted by molar-refractivity contribution is -0.118. The van der Waals surface area contributed by atoms with Gasteiger partial charge in [0.15, 0.2) is 0 Å². The quantitative estimate of drug-likeness (QED) is 0.859. The number of aliphatic hydroxyl groups is 1. The van der Waals surface area contributed by atoms with E-state index in [4.69, 9.17) is 5.73 Å². The number of nitrogens with zero attached hydrogens (tertiary/aromatic N) is 2. The normalized spacial score (nSPS) is 28.3. The van der Waals surface area contributed by atoms with Gasteiger partial charge in [0.25, 0.3) is 0 Å². The molecule has 1 aromatic rings. The number of hydrogen-bond acceptors (Lipinski definition) is 4. The second-order valence-electron chi connectivity index (χ2n) is 5.99. The van der Waals surface area contributed by atoms with Crippen molar-refractivity contribution in [1.29, 1.82) is 0 Å². The molecule has 0 radical (unpaired) electrons. The number of anilines is 2. The zero-order chi connectivity index (χ0) is 14.4. The molecule has 108 valence electrons. The summed E-state index contributed by atoms with van der Waals surface area (Å²) in [5.74, 6) is 0.506. The summed E-state index contributed by atoms with van der Waals surface area (Å²) < 4.78 is 0. The van der Waals surface area contributed by atoms with Gasteiger partial charge in [0.05, 0.1) is 11.8 Å². The van der Waals surface area contributed by atoms with Crippen LogP contribution in [-0.4, -0.2) is 37.8 Å². The van der Waals surface area contributed by atoms with Crippen LogP contribution in [0.5, 0.6) is 0 Å². The summed E-state index contributed by atoms with van der Waals surface area (Å²) in [4.78, 5) is 15.7. The molecule has 5 nitrogen and oxygen atoms in total. The Kier molecular flexibility index (Phi) is 3.18. The highest BCUT2D eigenvalue weighted by atomic mass is 16.3. The van der Waals surface area contributed by atoms with E-state index < -0.39 is 6.04 Å². The summed E-state index contributed by atoms with van der Waals surface area (Å²) in [5, 5.41) is 9.35. The Hall–Kier alpha value is -1.59. The van der Waals surface area contributed by atoms with Gasteiger partial charge in [-0.05, 0) is 30.9 Å². The molecule has 5 heteroatoms. The molecule has 20 heavy (non-hydrogen) atoms. The Morgan fingerprint density at radius 1 is 1.45 bits per heavy atom. The van der Waals surface area contributed by atoms with E-state index in [1.807, 2.05) is 25.2 Å². The maximum atomic E-state index is 11.9. The van der Waals surface area contributed by atoms with E-state index in [0.29, 0.717) is 5.92 Å². The smallest absolute Gasteiger partial charge is 0.248 e. The molecule has 1 amide bonds. The molecule has 0 bridgehead atoms. The van der Waals surface area contributed by atoms with Crippen molar-refractivity contribution in [2.24, 2.45) is 11.7 Å². The van der Waals surface area contributed by atoms with E-state index in [0.717, 1.165) is 36.3 Å². The molecule has 1 aliphatic carbocycles. The van der Waals surface area contributed by atoms with E-state index in [1.54, 1.807) is 11.9 Å². The van der Waals surface area contributed by atoms with E-state index in [9.17, 15) is 9.90 Å². The Morgan fingerprint density at radius 3 is 2.80 bits per heavy atom. The molecule has 1 aliphatic heterocycles. The van der Waals surface area contributed by atoms with Gasteiger partial charge in [0, 0.05) is 31.9 Å². The molecule has 0 spiro atoms. The van der Waals surface area contributed by atoms with Gasteiger partial charge in [-0.15, -0.1) is 0 Å². The van der Waals surface area contributed by atoms with Crippen LogP contribution in [0.3, 0.4) is 0 Å². The van der Waals surface area contributed by atoms with Crippen molar-refractivity contribution in [2.45, 2.75) is 25.0 Å². The lowest BCUT2D eigenvalue weighted by Crippen LogP contribution is -2.37. The van der Waals surface area contributed by atoms with Crippen LogP contribution in [0, 0.1) is 5.92 Å². The zero-order valence-electron chi connectivity index (χ0n) is 11.9. The fraction of sp³-hybridized carbons (Fsp3) is 0.533. The van der Waals surface area contributed by atoms with Crippen LogP contribution >= 0.6 is 0 Å². The molecular formula is C15H21N3O2. The van der Waals surface area contributed by atoms with Gasteiger partial charge < -0.3 is 20.6 Å². The SMILES string of the molecule is CN(CC1CC(O)C1)c1ccc2c(c1)N(C)C(=O)C2N. The first-order valence-corrected chi connectivity index (χ1v) is 7.03. The summed E-state index contributed by atoms with van der Waals surface area (Å²) in [6.45, 7) is 0.930. The molecule has 1 saturated carbocycles. The van der Waals surface area contributed by atoms with Crippen molar-refractivity contribution in [3.63, 3.8) is 0 Å². The molecule has 1 aromatic carbocycles. The van der Waals surface area contributed by atoms with Crippen molar-refractivity contribution in [3.05, 3.63) is 23.8 Å². The summed E-state index contributed by atoms with van der Waals surface area (Å²) in [6.07, 6.45) is 1.66. The van der Waals surface area contributed by atoms with Crippen LogP contribution in [0.1, 0.15) is 24.4 Å². The van der Waals surface area contributed by atoms with Gasteiger partial charge in [-0.2, -0.15) is 0 Å². The van der Waals surface area contributed by atoms with Gasteiger partial charge in [-0.3, -0.25) is 4.79 Å². The highest BCUT2D eigenvalue weighted by Gasteiger charge is 2.33. The first-order valence-electron chi connectivity index (χ1n) is 7.03. The third-order valence-electron chi connectivity index (χ3n) is 4.49. The molecular weight excluding hydrogens is 254 g/mol. The van der Waals surface area contributed by atoms with Crippen molar-refractivity contribution in [1.82, 2.24) is 0 Å². The van der Waals surface area contributed by atoms with Gasteiger partial charge in [0.2, 0.25) is 5.91 Å². The van der Waals surface area contributed by atoms with Crippen LogP contribution in [0.4, 0.5) is 11.4 Å². The third-order valence-corrected chi connectivity index (χ3v) is 4.49. The van der Waals surface area contributed by atoms with Crippen molar-refractivity contribution in [3.8, 4) is 0 Å². The molecule has 1 atom stereocenters. The number of carbonyl (C=O) groups is 1. The van der Waals surface area contributed by atoms with Crippen LogP contribution in [0.25, 0.3) is 0 Å². The highest BCUT2D eigenvalue weighted by molar-refractivity contribution is 6.04. The number of nitrogens with two attached hydrogens (primary N) is 1. The monoisotopic (exact) mass is 275 g/mol. The lowest BCUT2D eigenvalue weighted by Gasteiger charge is -2.35. The number of likely N-dealkylation sites (N-methyl/N-ethyl adjacent to an activating group) is 1. The standard InChI is InChI=1S/C15H21N3O2/c1-17(8-9-5-11(19)6-9)10-3-4-12-13(7-10)18(2)15(20)14(12)16/h3-4,7,9,11,14,19H,5-6,8,16H2,1-2H3. The predicted octanol–water partition coefficient (Wildman–Crippen LogP) is 0.870. The average Bonchev–Trinajstić information content (AvgIpc) is 2.62. The van der Waals surface area contributed by atoms with Gasteiger partial charge >= 0.3 is 0 Å². The van der Waals surface area contributed by atoms with Crippen LogP contribution in [0.15, 0.2) is 18.2 Å². The van der Waals surface area contributed by atoms with E-state index in [1.165, 1.54) is 0 Å². The molecule has 0 aromatic heterocycles.